The molecule has 0 saturated heterocycles. The highest BCUT2D eigenvalue weighted by molar-refractivity contribution is 6.33. The summed E-state index contributed by atoms with van der Waals surface area (Å²) in [6.45, 7) is 0.274. The summed E-state index contributed by atoms with van der Waals surface area (Å²) >= 11 is 6.18. The maximum atomic E-state index is 12.3. The topological polar surface area (TPSA) is 93.5 Å². The van der Waals surface area contributed by atoms with E-state index in [0.29, 0.717) is 33.3 Å². The summed E-state index contributed by atoms with van der Waals surface area (Å²) in [5.41, 5.74) is 1.76. The maximum Gasteiger partial charge on any atom is 0.337 e. The van der Waals surface area contributed by atoms with E-state index in [1.165, 1.54) is 13.3 Å². The Morgan fingerprint density at radius 3 is 2.78 bits per heavy atom. The fourth-order valence-electron chi connectivity index (χ4n) is 2.34. The van der Waals surface area contributed by atoms with Gasteiger partial charge in [-0.1, -0.05) is 11.6 Å². The molecule has 0 fully saturated rings. The number of nitrogens with zero attached hydrogens (tertiary/aromatic N) is 1. The van der Waals surface area contributed by atoms with Gasteiger partial charge in [-0.25, -0.2) is 4.79 Å². The standard InChI is InChI=1S/C19H16ClN3O4/c1-26-19(25)12-4-5-16(20)17(8-12)23-14-7-13(9-21-10-14)18(24)22-11-15-3-2-6-27-15/h2-10,23H,11H2,1H3,(H,22,24). The number of hydrogen-bond donors (Lipinski definition) is 2. The summed E-state index contributed by atoms with van der Waals surface area (Å²) in [4.78, 5) is 28.0. The molecule has 0 aliphatic carbocycles. The summed E-state index contributed by atoms with van der Waals surface area (Å²) < 4.78 is 9.89. The third kappa shape index (κ3) is 4.65. The predicted molar refractivity (Wildman–Crippen MR) is 100 cm³/mol. The largest absolute Gasteiger partial charge is 0.467 e. The van der Waals surface area contributed by atoms with Crippen LogP contribution in [-0.4, -0.2) is 24.0 Å². The second kappa shape index (κ2) is 8.37. The molecule has 0 radical (unpaired) electrons. The fraction of sp³-hybridized carbons (Fsp3) is 0.105. The number of carbonyl (C=O) groups excluding carboxylic acids is 2. The van der Waals surface area contributed by atoms with Crippen molar-refractivity contribution in [3.63, 3.8) is 0 Å². The molecule has 0 atom stereocenters. The molecule has 0 spiro atoms. The van der Waals surface area contributed by atoms with Crippen LogP contribution in [0.25, 0.3) is 0 Å². The zero-order chi connectivity index (χ0) is 19.2. The number of hydrogen-bond acceptors (Lipinski definition) is 6. The fourth-order valence-corrected chi connectivity index (χ4v) is 2.50. The Balaban J connectivity index is 1.74. The number of esters is 1. The van der Waals surface area contributed by atoms with Crippen molar-refractivity contribution < 1.29 is 18.7 Å². The lowest BCUT2D eigenvalue weighted by atomic mass is 10.2. The lowest BCUT2D eigenvalue weighted by molar-refractivity contribution is 0.0600. The molecule has 1 amide bonds. The molecule has 2 N–H and O–H groups in total. The van der Waals surface area contributed by atoms with Gasteiger partial charge in [0.2, 0.25) is 0 Å². The van der Waals surface area contributed by atoms with Crippen LogP contribution < -0.4 is 10.6 Å². The van der Waals surface area contributed by atoms with E-state index < -0.39 is 5.97 Å². The van der Waals surface area contributed by atoms with Gasteiger partial charge in [0.15, 0.2) is 0 Å². The minimum absolute atomic E-state index is 0.274. The molecule has 2 aromatic heterocycles. The summed E-state index contributed by atoms with van der Waals surface area (Å²) in [5.74, 6) is -0.118. The molecule has 3 aromatic rings. The molecule has 3 rings (SSSR count). The predicted octanol–water partition coefficient (Wildman–Crippen LogP) is 3.79. The number of benzene rings is 1. The molecular weight excluding hydrogens is 370 g/mol. The van der Waals surface area contributed by atoms with Crippen molar-refractivity contribution in [2.24, 2.45) is 0 Å². The third-order valence-corrected chi connectivity index (χ3v) is 4.00. The minimum Gasteiger partial charge on any atom is -0.467 e. The number of pyridine rings is 1. The molecule has 0 aliphatic heterocycles. The molecule has 0 aliphatic rings. The Hall–Kier alpha value is -3.32. The highest BCUT2D eigenvalue weighted by Gasteiger charge is 2.11. The van der Waals surface area contributed by atoms with Crippen molar-refractivity contribution in [3.8, 4) is 0 Å². The van der Waals surface area contributed by atoms with Gasteiger partial charge in [0.25, 0.3) is 5.91 Å². The van der Waals surface area contributed by atoms with Gasteiger partial charge in [-0.3, -0.25) is 9.78 Å². The Labute approximate surface area is 160 Å². The smallest absolute Gasteiger partial charge is 0.337 e. The van der Waals surface area contributed by atoms with Gasteiger partial charge in [-0.2, -0.15) is 0 Å². The Morgan fingerprint density at radius 2 is 2.04 bits per heavy atom. The summed E-state index contributed by atoms with van der Waals surface area (Å²) in [6, 6.07) is 9.87. The lowest BCUT2D eigenvalue weighted by Gasteiger charge is -2.11. The van der Waals surface area contributed by atoms with Crippen molar-refractivity contribution in [3.05, 3.63) is 77.0 Å². The normalized spacial score (nSPS) is 10.3. The monoisotopic (exact) mass is 385 g/mol. The number of nitrogens with one attached hydrogen (secondary N) is 2. The van der Waals surface area contributed by atoms with E-state index in [1.54, 1.807) is 48.9 Å². The molecule has 7 nitrogen and oxygen atoms in total. The van der Waals surface area contributed by atoms with Gasteiger partial charge in [-0.15, -0.1) is 0 Å². The van der Waals surface area contributed by atoms with Gasteiger partial charge in [0.1, 0.15) is 5.76 Å². The molecule has 27 heavy (non-hydrogen) atoms. The molecule has 1 aromatic carbocycles. The van der Waals surface area contributed by atoms with Crippen molar-refractivity contribution >= 4 is 34.9 Å². The summed E-state index contributed by atoms with van der Waals surface area (Å²) in [6.07, 6.45) is 4.54. The molecule has 8 heteroatoms. The third-order valence-electron chi connectivity index (χ3n) is 3.67. The molecule has 0 saturated carbocycles. The van der Waals surface area contributed by atoms with Crippen LogP contribution >= 0.6 is 11.6 Å². The van der Waals surface area contributed by atoms with Crippen LogP contribution in [0, 0.1) is 0 Å². The van der Waals surface area contributed by atoms with Crippen LogP contribution in [0.1, 0.15) is 26.5 Å². The van der Waals surface area contributed by atoms with E-state index in [1.807, 2.05) is 0 Å². The number of aromatic nitrogens is 1. The van der Waals surface area contributed by atoms with E-state index in [4.69, 9.17) is 20.8 Å². The first kappa shape index (κ1) is 18.5. The Morgan fingerprint density at radius 1 is 1.19 bits per heavy atom. The van der Waals surface area contributed by atoms with Crippen LogP contribution in [0.3, 0.4) is 0 Å². The number of furan rings is 1. The number of methoxy groups -OCH3 is 1. The van der Waals surface area contributed by atoms with Gasteiger partial charge < -0.3 is 19.8 Å². The SMILES string of the molecule is COC(=O)c1ccc(Cl)c(Nc2cncc(C(=O)NCc3ccco3)c2)c1. The van der Waals surface area contributed by atoms with E-state index in [-0.39, 0.29) is 12.5 Å². The number of carbonyl (C=O) groups is 2. The number of amides is 1. The van der Waals surface area contributed by atoms with Crippen molar-refractivity contribution in [2.45, 2.75) is 6.54 Å². The van der Waals surface area contributed by atoms with Gasteiger partial charge in [0, 0.05) is 6.20 Å². The zero-order valence-electron chi connectivity index (χ0n) is 14.4. The van der Waals surface area contributed by atoms with Crippen molar-refractivity contribution in [1.82, 2.24) is 10.3 Å². The van der Waals surface area contributed by atoms with E-state index in [0.717, 1.165) is 0 Å². The molecule has 138 valence electrons. The first-order valence-electron chi connectivity index (χ1n) is 7.97. The first-order chi connectivity index (χ1) is 13.1. The zero-order valence-corrected chi connectivity index (χ0v) is 15.1. The van der Waals surface area contributed by atoms with Crippen LogP contribution in [0.4, 0.5) is 11.4 Å². The van der Waals surface area contributed by atoms with Crippen LogP contribution in [0.15, 0.2) is 59.5 Å². The average Bonchev–Trinajstić information content (AvgIpc) is 3.21. The highest BCUT2D eigenvalue weighted by Crippen LogP contribution is 2.27. The van der Waals surface area contributed by atoms with Crippen LogP contribution in [0.2, 0.25) is 5.02 Å². The van der Waals surface area contributed by atoms with E-state index in [9.17, 15) is 9.59 Å². The van der Waals surface area contributed by atoms with Crippen LogP contribution in [-0.2, 0) is 11.3 Å². The van der Waals surface area contributed by atoms with Gasteiger partial charge in [0.05, 0.1) is 53.6 Å². The number of anilines is 2. The maximum absolute atomic E-state index is 12.3. The molecule has 0 unspecified atom stereocenters. The Bertz CT molecular complexity index is 957. The second-order valence-corrected chi connectivity index (χ2v) is 5.94. The van der Waals surface area contributed by atoms with E-state index >= 15 is 0 Å². The lowest BCUT2D eigenvalue weighted by Crippen LogP contribution is -2.22. The molecule has 0 bridgehead atoms. The molecule has 2 heterocycles. The summed E-state index contributed by atoms with van der Waals surface area (Å²) in [7, 11) is 1.30. The van der Waals surface area contributed by atoms with Crippen molar-refractivity contribution in [2.75, 3.05) is 12.4 Å². The van der Waals surface area contributed by atoms with Crippen molar-refractivity contribution in [1.29, 1.82) is 0 Å². The average molecular weight is 386 g/mol. The summed E-state index contributed by atoms with van der Waals surface area (Å²) in [5, 5.41) is 6.22. The van der Waals surface area contributed by atoms with Gasteiger partial charge >= 0.3 is 5.97 Å². The Kier molecular flexibility index (Phi) is 5.73. The first-order valence-corrected chi connectivity index (χ1v) is 8.35. The minimum atomic E-state index is -0.473. The van der Waals surface area contributed by atoms with Crippen LogP contribution in [0.5, 0.6) is 0 Å². The quantitative estimate of drug-likeness (QED) is 0.627. The highest BCUT2D eigenvalue weighted by atomic mass is 35.5. The number of rotatable bonds is 6. The van der Waals surface area contributed by atoms with Gasteiger partial charge in [-0.05, 0) is 36.4 Å². The van der Waals surface area contributed by atoms with E-state index in [2.05, 4.69) is 15.6 Å². The molecular formula is C19H16ClN3O4. The number of halogens is 1. The second-order valence-electron chi connectivity index (χ2n) is 5.54. The number of ether oxygens (including phenoxy) is 1.